The van der Waals surface area contributed by atoms with Crippen molar-refractivity contribution < 1.29 is 5.11 Å². The van der Waals surface area contributed by atoms with Gasteiger partial charge in [0.1, 0.15) is 5.75 Å². The van der Waals surface area contributed by atoms with Gasteiger partial charge in [0, 0.05) is 10.8 Å². The van der Waals surface area contributed by atoms with Crippen molar-refractivity contribution >= 4 is 89.5 Å². The maximum atomic E-state index is 11.0. The van der Waals surface area contributed by atoms with E-state index in [-0.39, 0.29) is 5.75 Å². The molecule has 0 heterocycles. The van der Waals surface area contributed by atoms with Crippen LogP contribution < -0.4 is 0 Å². The van der Waals surface area contributed by atoms with E-state index in [1.54, 1.807) is 0 Å². The van der Waals surface area contributed by atoms with Gasteiger partial charge >= 0.3 is 0 Å². The lowest BCUT2D eigenvalue weighted by molar-refractivity contribution is 0.488. The summed E-state index contributed by atoms with van der Waals surface area (Å²) in [6, 6.07) is 17.2. The maximum Gasteiger partial charge on any atom is 0.131 e. The topological polar surface area (TPSA) is 20.2 Å². The maximum absolute atomic E-state index is 11.0. The molecule has 0 amide bonds. The fourth-order valence-corrected chi connectivity index (χ4v) is 4.27. The minimum Gasteiger partial charge on any atom is -0.507 e. The zero-order chi connectivity index (χ0) is 18.9. The molecule has 0 fully saturated rings. The number of hydrogen-bond donors (Lipinski definition) is 1. The molecule has 0 aliphatic carbocycles. The molecule has 0 atom stereocenters. The minimum atomic E-state index is 0.225. The van der Waals surface area contributed by atoms with E-state index in [9.17, 15) is 5.11 Å². The first-order valence-corrected chi connectivity index (χ1v) is 9.69. The van der Waals surface area contributed by atoms with E-state index < -0.39 is 0 Å². The van der Waals surface area contributed by atoms with Gasteiger partial charge in [-0.15, -0.1) is 0 Å². The molecule has 27 heavy (non-hydrogen) atoms. The van der Waals surface area contributed by atoms with Crippen LogP contribution in [0.4, 0.5) is 0 Å². The zero-order valence-electron chi connectivity index (χ0n) is 13.7. The molecule has 0 saturated heterocycles. The molecular weight excluding hydrogens is 422 g/mol. The van der Waals surface area contributed by atoms with Gasteiger partial charge in [0.25, 0.3) is 0 Å². The second-order valence-electron chi connectivity index (χ2n) is 6.60. The average molecular weight is 432 g/mol. The summed E-state index contributed by atoms with van der Waals surface area (Å²) in [5.74, 6) is 0.225. The van der Waals surface area contributed by atoms with Crippen LogP contribution in [0.3, 0.4) is 0 Å². The molecule has 0 aliphatic rings. The molecule has 0 radical (unpaired) electrons. The Hall–Kier alpha value is -1.90. The number of fused-ring (bicyclic) bond motifs is 4. The highest BCUT2D eigenvalue weighted by molar-refractivity contribution is 6.43. The largest absolute Gasteiger partial charge is 0.507 e. The second-order valence-corrected chi connectivity index (χ2v) is 8.23. The van der Waals surface area contributed by atoms with Gasteiger partial charge in [-0.3, -0.25) is 0 Å². The van der Waals surface area contributed by atoms with E-state index >= 15 is 0 Å². The van der Waals surface area contributed by atoms with Gasteiger partial charge in [0.2, 0.25) is 0 Å². The lowest BCUT2D eigenvalue weighted by Crippen LogP contribution is -1.83. The molecular formula is C22H10Cl4O. The van der Waals surface area contributed by atoms with Crippen LogP contribution in [0, 0.1) is 0 Å². The van der Waals surface area contributed by atoms with Crippen molar-refractivity contribution in [3.63, 3.8) is 0 Å². The van der Waals surface area contributed by atoms with Crippen LogP contribution in [0.15, 0.2) is 54.6 Å². The summed E-state index contributed by atoms with van der Waals surface area (Å²) in [6.45, 7) is 0. The van der Waals surface area contributed by atoms with Crippen molar-refractivity contribution in [2.45, 2.75) is 0 Å². The Labute approximate surface area is 174 Å². The summed E-state index contributed by atoms with van der Waals surface area (Å²) < 4.78 is 0. The molecule has 5 aromatic carbocycles. The van der Waals surface area contributed by atoms with E-state index in [1.165, 1.54) is 0 Å². The number of benzene rings is 5. The molecule has 0 bridgehead atoms. The van der Waals surface area contributed by atoms with Gasteiger partial charge in [-0.1, -0.05) is 46.4 Å². The molecule has 1 nitrogen and oxygen atoms in total. The Morgan fingerprint density at radius 1 is 0.407 bits per heavy atom. The van der Waals surface area contributed by atoms with Crippen LogP contribution in [0.2, 0.25) is 20.1 Å². The van der Waals surface area contributed by atoms with Gasteiger partial charge < -0.3 is 5.11 Å². The Morgan fingerprint density at radius 2 is 0.704 bits per heavy atom. The molecule has 0 aromatic heterocycles. The van der Waals surface area contributed by atoms with Gasteiger partial charge in [0.05, 0.1) is 20.1 Å². The SMILES string of the molecule is Oc1c2cc3cc(Cl)c(Cl)cc3cc2cc2cc3cc(Cl)c(Cl)cc3cc12. The predicted octanol–water partition coefficient (Wildman–Crippen LogP) is 8.62. The highest BCUT2D eigenvalue weighted by Gasteiger charge is 2.11. The zero-order valence-corrected chi connectivity index (χ0v) is 16.7. The van der Waals surface area contributed by atoms with Crippen molar-refractivity contribution in [3.8, 4) is 5.75 Å². The Bertz CT molecular complexity index is 1320. The van der Waals surface area contributed by atoms with Crippen molar-refractivity contribution in [2.75, 3.05) is 0 Å². The summed E-state index contributed by atoms with van der Waals surface area (Å²) in [7, 11) is 0. The third kappa shape index (κ3) is 2.69. The third-order valence-electron chi connectivity index (χ3n) is 4.92. The molecule has 132 valence electrons. The first-order valence-electron chi connectivity index (χ1n) is 8.18. The molecule has 1 N–H and O–H groups in total. The molecule has 5 aromatic rings. The first kappa shape index (κ1) is 17.2. The molecule has 0 aliphatic heterocycles. The second kappa shape index (κ2) is 6.05. The van der Waals surface area contributed by atoms with E-state index in [2.05, 4.69) is 0 Å². The number of rotatable bonds is 0. The number of halogens is 4. The highest BCUT2D eigenvalue weighted by atomic mass is 35.5. The van der Waals surface area contributed by atoms with Gasteiger partial charge in [-0.2, -0.15) is 0 Å². The molecule has 5 heteroatoms. The summed E-state index contributed by atoms with van der Waals surface area (Å²) in [5.41, 5.74) is 0. The number of aromatic hydroxyl groups is 1. The number of hydrogen-bond acceptors (Lipinski definition) is 1. The molecule has 0 unspecified atom stereocenters. The standard InChI is InChI=1S/C22H10Cl4O/c23-18-6-10-1-14-3-15-2-11-7-19(24)21(26)9-13(11)5-17(15)22(27)16(14)4-12(10)8-20(18)25/h1-9,27H. The lowest BCUT2D eigenvalue weighted by Gasteiger charge is -2.11. The summed E-state index contributed by atoms with van der Waals surface area (Å²) in [5, 5.41) is 20.1. The van der Waals surface area contributed by atoms with E-state index in [0.29, 0.717) is 20.1 Å². The molecule has 0 spiro atoms. The van der Waals surface area contributed by atoms with Crippen LogP contribution in [0.25, 0.3) is 43.1 Å². The van der Waals surface area contributed by atoms with E-state index in [4.69, 9.17) is 46.4 Å². The fraction of sp³-hybridized carbons (Fsp3) is 0. The van der Waals surface area contributed by atoms with Crippen molar-refractivity contribution in [1.82, 2.24) is 0 Å². The van der Waals surface area contributed by atoms with Crippen LogP contribution in [-0.4, -0.2) is 5.11 Å². The van der Waals surface area contributed by atoms with Gasteiger partial charge in [-0.05, 0) is 86.9 Å². The Balaban J connectivity index is 1.92. The Kier molecular flexibility index (Phi) is 3.86. The first-order chi connectivity index (χ1) is 12.9. The van der Waals surface area contributed by atoms with Gasteiger partial charge in [-0.25, -0.2) is 0 Å². The predicted molar refractivity (Wildman–Crippen MR) is 118 cm³/mol. The average Bonchev–Trinajstić information content (AvgIpc) is 2.62. The summed E-state index contributed by atoms with van der Waals surface area (Å²) in [6.07, 6.45) is 0. The number of phenolic OH excluding ortho intramolecular Hbond substituents is 1. The third-order valence-corrected chi connectivity index (χ3v) is 6.36. The van der Waals surface area contributed by atoms with E-state index in [1.807, 2.05) is 54.6 Å². The minimum absolute atomic E-state index is 0.225. The van der Waals surface area contributed by atoms with Crippen molar-refractivity contribution in [2.24, 2.45) is 0 Å². The summed E-state index contributed by atoms with van der Waals surface area (Å²) in [4.78, 5) is 0. The van der Waals surface area contributed by atoms with E-state index in [0.717, 1.165) is 43.1 Å². The fourth-order valence-electron chi connectivity index (χ4n) is 3.59. The van der Waals surface area contributed by atoms with Crippen molar-refractivity contribution in [3.05, 3.63) is 74.7 Å². The summed E-state index contributed by atoms with van der Waals surface area (Å²) >= 11 is 24.6. The molecule has 5 rings (SSSR count). The normalized spacial score (nSPS) is 11.9. The quantitative estimate of drug-likeness (QED) is 0.243. The van der Waals surface area contributed by atoms with Crippen LogP contribution in [-0.2, 0) is 0 Å². The smallest absolute Gasteiger partial charge is 0.131 e. The van der Waals surface area contributed by atoms with Gasteiger partial charge in [0.15, 0.2) is 0 Å². The van der Waals surface area contributed by atoms with Crippen LogP contribution >= 0.6 is 46.4 Å². The lowest BCUT2D eigenvalue weighted by atomic mass is 9.96. The van der Waals surface area contributed by atoms with Crippen molar-refractivity contribution in [1.29, 1.82) is 0 Å². The number of phenols is 1. The monoisotopic (exact) mass is 430 g/mol. The Morgan fingerprint density at radius 3 is 1.07 bits per heavy atom. The van der Waals surface area contributed by atoms with Crippen LogP contribution in [0.5, 0.6) is 5.75 Å². The highest BCUT2D eigenvalue weighted by Crippen LogP contribution is 2.40. The van der Waals surface area contributed by atoms with Crippen LogP contribution in [0.1, 0.15) is 0 Å². The molecule has 0 saturated carbocycles.